The highest BCUT2D eigenvalue weighted by Crippen LogP contribution is 2.30. The monoisotopic (exact) mass is 319 g/mol. The van der Waals surface area contributed by atoms with Gasteiger partial charge in [0, 0.05) is 19.7 Å². The summed E-state index contributed by atoms with van der Waals surface area (Å²) in [5, 5.41) is 10.9. The summed E-state index contributed by atoms with van der Waals surface area (Å²) in [4.78, 5) is 9.08. The third-order valence-corrected chi connectivity index (χ3v) is 4.88. The summed E-state index contributed by atoms with van der Waals surface area (Å²) in [7, 11) is -3.09. The first-order valence-corrected chi connectivity index (χ1v) is 7.56. The molecule has 2 N–H and O–H groups in total. The Hall–Kier alpha value is -1.58. The Balaban J connectivity index is 3.35. The standard InChI is InChI=1S/C12H18FN3O4S/c1-12(2,7-14)8-15(3)21(19,20)11-9(13)5-4-6-10(11)16(17)18/h4-6H,7-8,14H2,1-3H3. The highest BCUT2D eigenvalue weighted by Gasteiger charge is 2.35. The van der Waals surface area contributed by atoms with Crippen molar-refractivity contribution in [3.05, 3.63) is 34.1 Å². The van der Waals surface area contributed by atoms with Gasteiger partial charge in [0.25, 0.3) is 15.7 Å². The van der Waals surface area contributed by atoms with E-state index in [1.54, 1.807) is 13.8 Å². The molecule has 0 heterocycles. The van der Waals surface area contributed by atoms with Gasteiger partial charge in [-0.2, -0.15) is 0 Å². The number of nitrogens with two attached hydrogens (primary N) is 1. The average molecular weight is 319 g/mol. The molecule has 0 atom stereocenters. The van der Waals surface area contributed by atoms with Gasteiger partial charge in [0.15, 0.2) is 4.90 Å². The fourth-order valence-corrected chi connectivity index (χ4v) is 3.36. The van der Waals surface area contributed by atoms with E-state index in [2.05, 4.69) is 0 Å². The van der Waals surface area contributed by atoms with Crippen molar-refractivity contribution in [3.8, 4) is 0 Å². The van der Waals surface area contributed by atoms with Crippen LogP contribution < -0.4 is 5.73 Å². The van der Waals surface area contributed by atoms with E-state index >= 15 is 0 Å². The number of hydrogen-bond donors (Lipinski definition) is 1. The van der Waals surface area contributed by atoms with Crippen LogP contribution in [0.5, 0.6) is 0 Å². The van der Waals surface area contributed by atoms with E-state index in [0.29, 0.717) is 0 Å². The van der Waals surface area contributed by atoms with Crippen LogP contribution in [0.15, 0.2) is 23.1 Å². The summed E-state index contributed by atoms with van der Waals surface area (Å²) in [5.74, 6) is -1.15. The van der Waals surface area contributed by atoms with E-state index in [1.807, 2.05) is 0 Å². The SMILES string of the molecule is CN(CC(C)(C)CN)S(=O)(=O)c1c(F)cccc1[N+](=O)[O-]. The molecule has 0 aliphatic carbocycles. The largest absolute Gasteiger partial charge is 0.330 e. The van der Waals surface area contributed by atoms with Gasteiger partial charge in [0.1, 0.15) is 5.82 Å². The van der Waals surface area contributed by atoms with Crippen LogP contribution in [0.3, 0.4) is 0 Å². The molecule has 1 aromatic carbocycles. The van der Waals surface area contributed by atoms with E-state index in [-0.39, 0.29) is 13.1 Å². The van der Waals surface area contributed by atoms with Gasteiger partial charge in [-0.05, 0) is 18.0 Å². The first kappa shape index (κ1) is 17.5. The molecule has 0 unspecified atom stereocenters. The van der Waals surface area contributed by atoms with E-state index in [9.17, 15) is 22.9 Å². The summed E-state index contributed by atoms with van der Waals surface area (Å²) in [6.45, 7) is 3.72. The van der Waals surface area contributed by atoms with Crippen LogP contribution in [0.25, 0.3) is 0 Å². The molecule has 0 amide bonds. The van der Waals surface area contributed by atoms with Crippen LogP contribution in [0.2, 0.25) is 0 Å². The second-order valence-electron chi connectivity index (χ2n) is 5.47. The number of rotatable bonds is 6. The molecule has 1 aromatic rings. The Labute approximate surface area is 122 Å². The molecule has 1 rings (SSSR count). The smallest absolute Gasteiger partial charge is 0.292 e. The fraction of sp³-hybridized carbons (Fsp3) is 0.500. The minimum Gasteiger partial charge on any atom is -0.330 e. The average Bonchev–Trinajstić information content (AvgIpc) is 2.37. The third-order valence-electron chi connectivity index (χ3n) is 3.01. The molecule has 0 aliphatic rings. The van der Waals surface area contributed by atoms with Crippen molar-refractivity contribution in [1.82, 2.24) is 4.31 Å². The zero-order valence-electron chi connectivity index (χ0n) is 12.0. The predicted molar refractivity (Wildman–Crippen MR) is 75.7 cm³/mol. The molecular weight excluding hydrogens is 301 g/mol. The number of sulfonamides is 1. The van der Waals surface area contributed by atoms with Gasteiger partial charge in [-0.3, -0.25) is 10.1 Å². The Kier molecular flexibility index (Phi) is 5.03. The lowest BCUT2D eigenvalue weighted by molar-refractivity contribution is -0.388. The van der Waals surface area contributed by atoms with Gasteiger partial charge in [-0.25, -0.2) is 17.1 Å². The highest BCUT2D eigenvalue weighted by molar-refractivity contribution is 7.89. The molecule has 0 saturated carbocycles. The van der Waals surface area contributed by atoms with Gasteiger partial charge in [0.05, 0.1) is 4.92 Å². The van der Waals surface area contributed by atoms with Crippen LogP contribution >= 0.6 is 0 Å². The Morgan fingerprint density at radius 3 is 2.48 bits per heavy atom. The van der Waals surface area contributed by atoms with Gasteiger partial charge in [-0.15, -0.1) is 0 Å². The molecule has 0 saturated heterocycles. The normalized spacial score (nSPS) is 12.7. The number of hydrogen-bond acceptors (Lipinski definition) is 5. The van der Waals surface area contributed by atoms with Crippen LogP contribution in [-0.2, 0) is 10.0 Å². The quantitative estimate of drug-likeness (QED) is 0.629. The maximum atomic E-state index is 13.8. The minimum atomic E-state index is -4.33. The van der Waals surface area contributed by atoms with Gasteiger partial charge in [-0.1, -0.05) is 19.9 Å². The number of benzene rings is 1. The first-order valence-electron chi connectivity index (χ1n) is 6.12. The lowest BCUT2D eigenvalue weighted by Crippen LogP contribution is -2.40. The van der Waals surface area contributed by atoms with Crippen molar-refractivity contribution in [2.45, 2.75) is 18.7 Å². The van der Waals surface area contributed by atoms with Crippen LogP contribution in [0, 0.1) is 21.3 Å². The lowest BCUT2D eigenvalue weighted by Gasteiger charge is -2.28. The van der Waals surface area contributed by atoms with Gasteiger partial charge >= 0.3 is 0 Å². The molecule has 0 radical (unpaired) electrons. The maximum absolute atomic E-state index is 13.8. The van der Waals surface area contributed by atoms with Crippen LogP contribution in [-0.4, -0.2) is 37.8 Å². The Morgan fingerprint density at radius 2 is 2.00 bits per heavy atom. The summed E-state index contributed by atoms with van der Waals surface area (Å²) in [6.07, 6.45) is 0. The molecule has 0 aromatic heterocycles. The van der Waals surface area contributed by atoms with Crippen molar-refractivity contribution < 1.29 is 17.7 Å². The predicted octanol–water partition coefficient (Wildman–Crippen LogP) is 1.34. The summed E-state index contributed by atoms with van der Waals surface area (Å²) in [6, 6.07) is 2.93. The summed E-state index contributed by atoms with van der Waals surface area (Å²) in [5.41, 5.74) is 4.22. The van der Waals surface area contributed by atoms with E-state index in [1.165, 1.54) is 7.05 Å². The molecule has 0 bridgehead atoms. The van der Waals surface area contributed by atoms with E-state index < -0.39 is 36.8 Å². The number of nitro benzene ring substituents is 1. The molecule has 118 valence electrons. The zero-order chi connectivity index (χ0) is 16.4. The number of halogens is 1. The Bertz CT molecular complexity index is 646. The van der Waals surface area contributed by atoms with Crippen LogP contribution in [0.4, 0.5) is 10.1 Å². The molecule has 7 nitrogen and oxygen atoms in total. The number of nitrogens with zero attached hydrogens (tertiary/aromatic N) is 2. The summed E-state index contributed by atoms with van der Waals surface area (Å²) < 4.78 is 39.6. The van der Waals surface area contributed by atoms with Gasteiger partial charge in [0.2, 0.25) is 0 Å². The summed E-state index contributed by atoms with van der Waals surface area (Å²) >= 11 is 0. The molecular formula is C12H18FN3O4S. The maximum Gasteiger partial charge on any atom is 0.292 e. The zero-order valence-corrected chi connectivity index (χ0v) is 12.9. The molecule has 0 aliphatic heterocycles. The second-order valence-corrected chi connectivity index (χ2v) is 7.46. The van der Waals surface area contributed by atoms with Crippen molar-refractivity contribution in [2.24, 2.45) is 11.1 Å². The van der Waals surface area contributed by atoms with E-state index in [4.69, 9.17) is 5.73 Å². The van der Waals surface area contributed by atoms with Crippen LogP contribution in [0.1, 0.15) is 13.8 Å². The topological polar surface area (TPSA) is 107 Å². The molecule has 21 heavy (non-hydrogen) atoms. The highest BCUT2D eigenvalue weighted by atomic mass is 32.2. The van der Waals surface area contributed by atoms with Crippen molar-refractivity contribution in [2.75, 3.05) is 20.1 Å². The number of nitro groups is 1. The third kappa shape index (κ3) is 3.74. The van der Waals surface area contributed by atoms with Crippen molar-refractivity contribution >= 4 is 15.7 Å². The molecule has 0 spiro atoms. The molecule has 9 heteroatoms. The van der Waals surface area contributed by atoms with Gasteiger partial charge < -0.3 is 5.73 Å². The van der Waals surface area contributed by atoms with Crippen molar-refractivity contribution in [1.29, 1.82) is 0 Å². The minimum absolute atomic E-state index is 0.0112. The van der Waals surface area contributed by atoms with E-state index in [0.717, 1.165) is 22.5 Å². The first-order chi connectivity index (χ1) is 9.53. The molecule has 0 fully saturated rings. The van der Waals surface area contributed by atoms with Crippen molar-refractivity contribution in [3.63, 3.8) is 0 Å². The fourth-order valence-electron chi connectivity index (χ4n) is 1.80. The Morgan fingerprint density at radius 1 is 1.43 bits per heavy atom. The second kappa shape index (κ2) is 6.04. The lowest BCUT2D eigenvalue weighted by atomic mass is 9.94.